The Kier molecular flexibility index (Phi) is 10.4. The van der Waals surface area contributed by atoms with E-state index in [0.717, 1.165) is 28.0 Å². The van der Waals surface area contributed by atoms with Crippen LogP contribution in [0.2, 0.25) is 0 Å². The van der Waals surface area contributed by atoms with Crippen LogP contribution in [0.4, 0.5) is 0 Å². The highest BCUT2D eigenvalue weighted by molar-refractivity contribution is 5.89. The Morgan fingerprint density at radius 3 is 1.98 bits per heavy atom. The molecular formula is C34H36N2O5. The highest BCUT2D eigenvalue weighted by atomic mass is 16.5. The van der Waals surface area contributed by atoms with Gasteiger partial charge in [-0.05, 0) is 52.9 Å². The molecule has 0 aromatic heterocycles. The lowest BCUT2D eigenvalue weighted by atomic mass is 10.0. The Hall–Kier alpha value is -4.78. The zero-order valence-corrected chi connectivity index (χ0v) is 23.7. The van der Waals surface area contributed by atoms with Crippen LogP contribution in [0.15, 0.2) is 103 Å². The van der Waals surface area contributed by atoms with E-state index in [4.69, 9.17) is 14.2 Å². The van der Waals surface area contributed by atoms with Crippen molar-refractivity contribution in [3.63, 3.8) is 0 Å². The van der Waals surface area contributed by atoms with Crippen molar-refractivity contribution in [2.75, 3.05) is 27.9 Å². The van der Waals surface area contributed by atoms with E-state index in [9.17, 15) is 9.59 Å². The molecule has 0 radical (unpaired) electrons. The van der Waals surface area contributed by atoms with Crippen molar-refractivity contribution in [2.24, 2.45) is 0 Å². The molecule has 0 fully saturated rings. The van der Waals surface area contributed by atoms with Crippen molar-refractivity contribution < 1.29 is 23.8 Å². The van der Waals surface area contributed by atoms with Crippen molar-refractivity contribution in [3.05, 3.63) is 125 Å². The number of nitrogens with one attached hydrogen (secondary N) is 1. The van der Waals surface area contributed by atoms with E-state index in [1.807, 2.05) is 91.0 Å². The second-order valence-corrected chi connectivity index (χ2v) is 9.58. The maximum atomic E-state index is 14.1. The summed E-state index contributed by atoms with van der Waals surface area (Å²) >= 11 is 0. The minimum absolute atomic E-state index is 0.0805. The van der Waals surface area contributed by atoms with Gasteiger partial charge in [-0.25, -0.2) is 0 Å². The van der Waals surface area contributed by atoms with E-state index in [1.54, 1.807) is 38.4 Å². The maximum absolute atomic E-state index is 14.1. The third kappa shape index (κ3) is 7.88. The van der Waals surface area contributed by atoms with Crippen LogP contribution in [-0.4, -0.2) is 44.6 Å². The summed E-state index contributed by atoms with van der Waals surface area (Å²) in [5, 5.41) is 3.08. The number of amides is 2. The molecule has 0 aliphatic carbocycles. The molecule has 0 bridgehead atoms. The SMILES string of the molecule is COc1ccc(CN(C(=O)Cc2ccc(OC)c(OC)c2)[C@H](C(=O)NCCc2ccccc2)c2ccccc2)cc1. The number of hydrogen-bond donors (Lipinski definition) is 1. The molecule has 4 rings (SSSR count). The van der Waals surface area contributed by atoms with E-state index in [2.05, 4.69) is 5.32 Å². The quantitative estimate of drug-likeness (QED) is 0.241. The molecule has 1 N–H and O–H groups in total. The molecule has 1 atom stereocenters. The van der Waals surface area contributed by atoms with Crippen molar-refractivity contribution in [2.45, 2.75) is 25.4 Å². The predicted octanol–water partition coefficient (Wildman–Crippen LogP) is 5.38. The summed E-state index contributed by atoms with van der Waals surface area (Å²) in [5.74, 6) is 1.41. The van der Waals surface area contributed by atoms with Crippen molar-refractivity contribution in [1.82, 2.24) is 10.2 Å². The molecule has 4 aromatic carbocycles. The number of benzene rings is 4. The third-order valence-corrected chi connectivity index (χ3v) is 6.87. The molecule has 2 amide bonds. The van der Waals surface area contributed by atoms with Crippen LogP contribution >= 0.6 is 0 Å². The van der Waals surface area contributed by atoms with Crippen LogP contribution in [0.1, 0.15) is 28.3 Å². The van der Waals surface area contributed by atoms with Gasteiger partial charge < -0.3 is 24.4 Å². The summed E-state index contributed by atoms with van der Waals surface area (Å²) < 4.78 is 16.1. The lowest BCUT2D eigenvalue weighted by Crippen LogP contribution is -2.44. The predicted molar refractivity (Wildman–Crippen MR) is 159 cm³/mol. The normalized spacial score (nSPS) is 11.3. The standard InChI is InChI=1S/C34H36N2O5/c1-39-29-17-14-26(15-18-29)24-36(32(37)23-27-16-19-30(40-2)31(22-27)41-3)33(28-12-8-5-9-13-28)34(38)35-21-20-25-10-6-4-7-11-25/h4-19,22,33H,20-21,23-24H2,1-3H3,(H,35,38)/t33-/m0/s1. The summed E-state index contributed by atoms with van der Waals surface area (Å²) in [6.07, 6.45) is 0.767. The van der Waals surface area contributed by atoms with Crippen molar-refractivity contribution >= 4 is 11.8 Å². The highest BCUT2D eigenvalue weighted by Gasteiger charge is 2.31. The number of hydrogen-bond acceptors (Lipinski definition) is 5. The molecule has 4 aromatic rings. The van der Waals surface area contributed by atoms with Gasteiger partial charge in [0.25, 0.3) is 0 Å². The largest absolute Gasteiger partial charge is 0.497 e. The summed E-state index contributed by atoms with van der Waals surface area (Å²) in [6, 6.07) is 31.5. The number of carbonyl (C=O) groups is 2. The Labute approximate surface area is 241 Å². The molecule has 0 saturated carbocycles. The topological polar surface area (TPSA) is 77.1 Å². The number of carbonyl (C=O) groups excluding carboxylic acids is 2. The van der Waals surface area contributed by atoms with Crippen LogP contribution in [-0.2, 0) is 29.0 Å². The molecule has 7 heteroatoms. The van der Waals surface area contributed by atoms with E-state index < -0.39 is 6.04 Å². The van der Waals surface area contributed by atoms with Crippen LogP contribution < -0.4 is 19.5 Å². The van der Waals surface area contributed by atoms with Gasteiger partial charge in [0.05, 0.1) is 27.8 Å². The summed E-state index contributed by atoms with van der Waals surface area (Å²) in [6.45, 7) is 0.689. The molecule has 7 nitrogen and oxygen atoms in total. The van der Waals surface area contributed by atoms with Gasteiger partial charge in [-0.2, -0.15) is 0 Å². The number of methoxy groups -OCH3 is 3. The fourth-order valence-electron chi connectivity index (χ4n) is 4.70. The van der Waals surface area contributed by atoms with Gasteiger partial charge >= 0.3 is 0 Å². The lowest BCUT2D eigenvalue weighted by Gasteiger charge is -2.32. The van der Waals surface area contributed by atoms with Crippen LogP contribution in [0.5, 0.6) is 17.2 Å². The Balaban J connectivity index is 1.65. The molecule has 0 saturated heterocycles. The molecule has 0 unspecified atom stereocenters. The first-order valence-electron chi connectivity index (χ1n) is 13.5. The van der Waals surface area contributed by atoms with Gasteiger partial charge in [-0.3, -0.25) is 9.59 Å². The van der Waals surface area contributed by atoms with Gasteiger partial charge in [0.1, 0.15) is 11.8 Å². The zero-order chi connectivity index (χ0) is 29.0. The average Bonchev–Trinajstić information content (AvgIpc) is 3.02. The number of rotatable bonds is 13. The van der Waals surface area contributed by atoms with E-state index >= 15 is 0 Å². The first-order chi connectivity index (χ1) is 20.0. The fourth-order valence-corrected chi connectivity index (χ4v) is 4.70. The lowest BCUT2D eigenvalue weighted by molar-refractivity contribution is -0.141. The zero-order valence-electron chi connectivity index (χ0n) is 23.7. The molecule has 0 heterocycles. The third-order valence-electron chi connectivity index (χ3n) is 6.87. The molecule has 0 spiro atoms. The summed E-state index contributed by atoms with van der Waals surface area (Å²) in [5.41, 5.74) is 3.50. The summed E-state index contributed by atoms with van der Waals surface area (Å²) in [4.78, 5) is 29.5. The Morgan fingerprint density at radius 2 is 1.34 bits per heavy atom. The minimum atomic E-state index is -0.832. The van der Waals surface area contributed by atoms with Crippen LogP contribution in [0.25, 0.3) is 0 Å². The van der Waals surface area contributed by atoms with E-state index in [-0.39, 0.29) is 24.8 Å². The molecular weight excluding hydrogens is 516 g/mol. The summed E-state index contributed by atoms with van der Waals surface area (Å²) in [7, 11) is 4.74. The first-order valence-corrected chi connectivity index (χ1v) is 13.5. The fraction of sp³-hybridized carbons (Fsp3) is 0.235. The number of ether oxygens (including phenoxy) is 3. The van der Waals surface area contributed by atoms with E-state index in [1.165, 1.54) is 0 Å². The minimum Gasteiger partial charge on any atom is -0.497 e. The Morgan fingerprint density at radius 1 is 0.707 bits per heavy atom. The van der Waals surface area contributed by atoms with Crippen molar-refractivity contribution in [3.8, 4) is 17.2 Å². The van der Waals surface area contributed by atoms with Gasteiger partial charge in [0.2, 0.25) is 11.8 Å². The molecule has 212 valence electrons. The smallest absolute Gasteiger partial charge is 0.247 e. The van der Waals surface area contributed by atoms with Gasteiger partial charge in [0, 0.05) is 13.1 Å². The maximum Gasteiger partial charge on any atom is 0.247 e. The van der Waals surface area contributed by atoms with E-state index in [0.29, 0.717) is 24.5 Å². The second kappa shape index (κ2) is 14.6. The molecule has 41 heavy (non-hydrogen) atoms. The number of nitrogens with zero attached hydrogens (tertiary/aromatic N) is 1. The van der Waals surface area contributed by atoms with Crippen molar-refractivity contribution in [1.29, 1.82) is 0 Å². The highest BCUT2D eigenvalue weighted by Crippen LogP contribution is 2.30. The molecule has 0 aliphatic rings. The monoisotopic (exact) mass is 552 g/mol. The van der Waals surface area contributed by atoms with Gasteiger partial charge in [-0.15, -0.1) is 0 Å². The van der Waals surface area contributed by atoms with Crippen LogP contribution in [0, 0.1) is 0 Å². The Bertz CT molecular complexity index is 1410. The first kappa shape index (κ1) is 29.2. The van der Waals surface area contributed by atoms with Gasteiger partial charge in [-0.1, -0.05) is 78.9 Å². The molecule has 0 aliphatic heterocycles. The average molecular weight is 553 g/mol. The van der Waals surface area contributed by atoms with Crippen LogP contribution in [0.3, 0.4) is 0 Å². The second-order valence-electron chi connectivity index (χ2n) is 9.58. The van der Waals surface area contributed by atoms with Gasteiger partial charge in [0.15, 0.2) is 11.5 Å².